The lowest BCUT2D eigenvalue weighted by atomic mass is 10.1. The topological polar surface area (TPSA) is 102 Å². The molecule has 0 saturated heterocycles. The summed E-state index contributed by atoms with van der Waals surface area (Å²) in [6.07, 6.45) is 0.196. The molecule has 0 aliphatic rings. The van der Waals surface area contributed by atoms with Crippen molar-refractivity contribution in [3.63, 3.8) is 0 Å². The number of rotatable bonds is 6. The molecule has 8 heteroatoms. The van der Waals surface area contributed by atoms with E-state index in [1.165, 1.54) is 12.1 Å². The summed E-state index contributed by atoms with van der Waals surface area (Å²) >= 11 is 0. The van der Waals surface area contributed by atoms with Gasteiger partial charge in [-0.25, -0.2) is 4.39 Å². The summed E-state index contributed by atoms with van der Waals surface area (Å²) in [5.41, 5.74) is 0.750. The Morgan fingerprint density at radius 3 is 2.74 bits per heavy atom. The number of ketones is 2. The van der Waals surface area contributed by atoms with Gasteiger partial charge >= 0.3 is 0 Å². The zero-order chi connectivity index (χ0) is 16.2. The SMILES string of the molecule is O=C(Cc1ccc(Cc2cccc(F)c2)o1)C(=O)c1nn[nH]n1. The number of aromatic nitrogens is 4. The highest BCUT2D eigenvalue weighted by Crippen LogP contribution is 2.15. The number of nitrogens with zero attached hydrogens (tertiary/aromatic N) is 3. The van der Waals surface area contributed by atoms with Gasteiger partial charge in [-0.2, -0.15) is 5.21 Å². The average Bonchev–Trinajstić information content (AvgIpc) is 3.18. The van der Waals surface area contributed by atoms with Crippen LogP contribution in [0.1, 0.15) is 27.7 Å². The fraction of sp³-hybridized carbons (Fsp3) is 0.133. The van der Waals surface area contributed by atoms with E-state index >= 15 is 0 Å². The van der Waals surface area contributed by atoms with Crippen LogP contribution in [0.2, 0.25) is 0 Å². The number of halogens is 1. The minimum Gasteiger partial charge on any atom is -0.465 e. The Hall–Kier alpha value is -3.16. The third-order valence-electron chi connectivity index (χ3n) is 3.12. The molecule has 0 atom stereocenters. The van der Waals surface area contributed by atoms with Crippen LogP contribution in [0.3, 0.4) is 0 Å². The summed E-state index contributed by atoms with van der Waals surface area (Å²) in [5.74, 6) is -1.21. The van der Waals surface area contributed by atoms with Gasteiger partial charge in [0.25, 0.3) is 5.78 Å². The zero-order valence-corrected chi connectivity index (χ0v) is 11.8. The lowest BCUT2D eigenvalue weighted by Crippen LogP contribution is -2.18. The minimum absolute atomic E-state index is 0.198. The number of hydrogen-bond donors (Lipinski definition) is 1. The second-order valence-electron chi connectivity index (χ2n) is 4.84. The molecule has 0 spiro atoms. The van der Waals surface area contributed by atoms with Crippen molar-refractivity contribution in [2.24, 2.45) is 0 Å². The van der Waals surface area contributed by atoms with Crippen LogP contribution in [-0.2, 0) is 17.6 Å². The van der Waals surface area contributed by atoms with E-state index in [2.05, 4.69) is 20.6 Å². The van der Waals surface area contributed by atoms with E-state index in [1.54, 1.807) is 24.3 Å². The van der Waals surface area contributed by atoms with Crippen molar-refractivity contribution in [2.75, 3.05) is 0 Å². The molecular weight excluding hydrogens is 303 g/mol. The first kappa shape index (κ1) is 14.8. The molecule has 0 aliphatic carbocycles. The number of nitrogens with one attached hydrogen (secondary N) is 1. The number of aromatic amines is 1. The highest BCUT2D eigenvalue weighted by Gasteiger charge is 2.22. The molecular formula is C15H11FN4O3. The molecule has 0 radical (unpaired) electrons. The van der Waals surface area contributed by atoms with E-state index in [0.717, 1.165) is 5.56 Å². The number of tetrazole rings is 1. The van der Waals surface area contributed by atoms with E-state index < -0.39 is 11.6 Å². The predicted octanol–water partition coefficient (Wildman–Crippen LogP) is 1.52. The number of hydrogen-bond acceptors (Lipinski definition) is 6. The van der Waals surface area contributed by atoms with Crippen LogP contribution in [0.5, 0.6) is 0 Å². The van der Waals surface area contributed by atoms with E-state index in [1.807, 2.05) is 0 Å². The molecule has 3 aromatic rings. The van der Waals surface area contributed by atoms with Crippen molar-refractivity contribution in [3.8, 4) is 0 Å². The van der Waals surface area contributed by atoms with Crippen LogP contribution in [0.4, 0.5) is 4.39 Å². The van der Waals surface area contributed by atoms with Gasteiger partial charge in [0.1, 0.15) is 17.3 Å². The van der Waals surface area contributed by atoms with Gasteiger partial charge in [-0.05, 0) is 35.0 Å². The van der Waals surface area contributed by atoms with Crippen LogP contribution >= 0.6 is 0 Å². The monoisotopic (exact) mass is 314 g/mol. The van der Waals surface area contributed by atoms with Gasteiger partial charge in [0, 0.05) is 6.42 Å². The van der Waals surface area contributed by atoms with Crippen molar-refractivity contribution in [3.05, 3.63) is 65.1 Å². The molecule has 7 nitrogen and oxygen atoms in total. The highest BCUT2D eigenvalue weighted by molar-refractivity contribution is 6.42. The molecule has 116 valence electrons. The molecule has 0 amide bonds. The predicted molar refractivity (Wildman–Crippen MR) is 75.1 cm³/mol. The van der Waals surface area contributed by atoms with Crippen molar-refractivity contribution in [2.45, 2.75) is 12.8 Å². The van der Waals surface area contributed by atoms with Gasteiger partial charge in [-0.1, -0.05) is 12.1 Å². The summed E-state index contributed by atoms with van der Waals surface area (Å²) in [7, 11) is 0. The van der Waals surface area contributed by atoms with Gasteiger partial charge < -0.3 is 4.42 Å². The Balaban J connectivity index is 1.65. The Kier molecular flexibility index (Phi) is 4.05. The average molecular weight is 314 g/mol. The standard InChI is InChI=1S/C15H11FN4O3/c16-10-3-1-2-9(6-10)7-11-4-5-12(23-11)8-13(21)14(22)15-17-19-20-18-15/h1-6H,7-8H2,(H,17,18,19,20). The molecule has 23 heavy (non-hydrogen) atoms. The minimum atomic E-state index is -0.832. The summed E-state index contributed by atoms with van der Waals surface area (Å²) < 4.78 is 18.6. The van der Waals surface area contributed by atoms with E-state index in [0.29, 0.717) is 17.9 Å². The van der Waals surface area contributed by atoms with Crippen LogP contribution in [-0.4, -0.2) is 32.2 Å². The first-order chi connectivity index (χ1) is 11.1. The van der Waals surface area contributed by atoms with Crippen LogP contribution in [0.15, 0.2) is 40.8 Å². The normalized spacial score (nSPS) is 10.7. The highest BCUT2D eigenvalue weighted by atomic mass is 19.1. The quantitative estimate of drug-likeness (QED) is 0.546. The molecule has 0 fully saturated rings. The molecule has 0 saturated carbocycles. The van der Waals surface area contributed by atoms with Crippen molar-refractivity contribution in [1.29, 1.82) is 0 Å². The molecule has 0 unspecified atom stereocenters. The third-order valence-corrected chi connectivity index (χ3v) is 3.12. The first-order valence-corrected chi connectivity index (χ1v) is 6.75. The summed E-state index contributed by atoms with van der Waals surface area (Å²) in [6, 6.07) is 9.45. The molecule has 1 N–H and O–H groups in total. The number of benzene rings is 1. The lowest BCUT2D eigenvalue weighted by molar-refractivity contribution is -0.114. The van der Waals surface area contributed by atoms with Gasteiger partial charge in [0.05, 0.1) is 6.42 Å². The van der Waals surface area contributed by atoms with E-state index in [9.17, 15) is 14.0 Å². The molecule has 1 aromatic carbocycles. The Bertz CT molecular complexity index is 842. The molecule has 0 aliphatic heterocycles. The van der Waals surface area contributed by atoms with Crippen molar-refractivity contribution >= 4 is 11.6 Å². The lowest BCUT2D eigenvalue weighted by Gasteiger charge is -1.99. The van der Waals surface area contributed by atoms with Crippen molar-refractivity contribution in [1.82, 2.24) is 20.6 Å². The Morgan fingerprint density at radius 2 is 2.00 bits per heavy atom. The Labute approximate surface area is 129 Å². The fourth-order valence-electron chi connectivity index (χ4n) is 2.08. The number of carbonyl (C=O) groups excluding carboxylic acids is 2. The first-order valence-electron chi connectivity index (χ1n) is 6.75. The van der Waals surface area contributed by atoms with Crippen LogP contribution in [0.25, 0.3) is 0 Å². The van der Waals surface area contributed by atoms with Gasteiger partial charge in [-0.3, -0.25) is 9.59 Å². The van der Waals surface area contributed by atoms with Crippen LogP contribution in [0, 0.1) is 5.82 Å². The second-order valence-corrected chi connectivity index (χ2v) is 4.84. The Morgan fingerprint density at radius 1 is 1.17 bits per heavy atom. The van der Waals surface area contributed by atoms with E-state index in [-0.39, 0.29) is 18.1 Å². The third kappa shape index (κ3) is 3.54. The number of H-pyrrole nitrogens is 1. The number of carbonyl (C=O) groups is 2. The summed E-state index contributed by atoms with van der Waals surface area (Å²) in [5, 5.41) is 12.3. The number of Topliss-reactive ketones (excluding diaryl/α,β-unsaturated/α-hetero) is 2. The zero-order valence-electron chi connectivity index (χ0n) is 11.8. The molecule has 2 aromatic heterocycles. The van der Waals surface area contributed by atoms with E-state index in [4.69, 9.17) is 4.42 Å². The molecule has 0 bridgehead atoms. The summed E-state index contributed by atoms with van der Waals surface area (Å²) in [4.78, 5) is 23.6. The maximum Gasteiger partial charge on any atom is 0.269 e. The van der Waals surface area contributed by atoms with Crippen LogP contribution < -0.4 is 0 Å². The van der Waals surface area contributed by atoms with Gasteiger partial charge in [-0.15, -0.1) is 10.2 Å². The summed E-state index contributed by atoms with van der Waals surface area (Å²) in [6.45, 7) is 0. The largest absolute Gasteiger partial charge is 0.465 e. The smallest absolute Gasteiger partial charge is 0.269 e. The fourth-order valence-corrected chi connectivity index (χ4v) is 2.08. The van der Waals surface area contributed by atoms with Gasteiger partial charge in [0.15, 0.2) is 0 Å². The second kappa shape index (κ2) is 6.30. The molecule has 3 rings (SSSR count). The van der Waals surface area contributed by atoms with Crippen molar-refractivity contribution < 1.29 is 18.4 Å². The number of furan rings is 1. The maximum absolute atomic E-state index is 13.1. The van der Waals surface area contributed by atoms with Gasteiger partial charge in [0.2, 0.25) is 11.6 Å². The molecule has 2 heterocycles. The maximum atomic E-state index is 13.1.